The van der Waals surface area contributed by atoms with Crippen molar-refractivity contribution in [3.8, 4) is 6.07 Å². The van der Waals surface area contributed by atoms with E-state index in [0.717, 1.165) is 18.4 Å². The van der Waals surface area contributed by atoms with Crippen molar-refractivity contribution in [1.29, 1.82) is 5.26 Å². The average molecular weight is 179 g/mol. The van der Waals surface area contributed by atoms with Crippen molar-refractivity contribution in [2.24, 2.45) is 5.92 Å². The van der Waals surface area contributed by atoms with Gasteiger partial charge in [0.2, 0.25) is 0 Å². The highest BCUT2D eigenvalue weighted by Gasteiger charge is 2.28. The van der Waals surface area contributed by atoms with Crippen LogP contribution in [0.25, 0.3) is 0 Å². The maximum Gasteiger partial charge on any atom is 0.348 e. The molecule has 1 aliphatic rings. The monoisotopic (exact) mass is 179 g/mol. The number of hydrogen-bond donors (Lipinski definition) is 0. The van der Waals surface area contributed by atoms with E-state index in [9.17, 15) is 4.79 Å². The fourth-order valence-electron chi connectivity index (χ4n) is 1.22. The Labute approximate surface area is 78.0 Å². The summed E-state index contributed by atoms with van der Waals surface area (Å²) in [5, 5.41) is 8.76. The number of ether oxygens (including phenoxy) is 1. The van der Waals surface area contributed by atoms with Crippen LogP contribution in [-0.2, 0) is 9.53 Å². The van der Waals surface area contributed by atoms with Crippen molar-refractivity contribution in [1.82, 2.24) is 0 Å². The lowest BCUT2D eigenvalue weighted by Gasteiger charge is -2.03. The molecule has 0 bridgehead atoms. The Morgan fingerprint density at radius 1 is 1.62 bits per heavy atom. The van der Waals surface area contributed by atoms with Gasteiger partial charge in [-0.1, -0.05) is 0 Å². The van der Waals surface area contributed by atoms with Gasteiger partial charge >= 0.3 is 5.97 Å². The lowest BCUT2D eigenvalue weighted by molar-refractivity contribution is -0.138. The van der Waals surface area contributed by atoms with Crippen LogP contribution in [0.1, 0.15) is 26.7 Å². The van der Waals surface area contributed by atoms with Crippen LogP contribution in [0.2, 0.25) is 0 Å². The summed E-state index contributed by atoms with van der Waals surface area (Å²) in [6.45, 7) is 3.90. The minimum atomic E-state index is -0.477. The van der Waals surface area contributed by atoms with E-state index in [1.54, 1.807) is 6.92 Å². The second-order valence-electron chi connectivity index (χ2n) is 3.16. The Bertz CT molecular complexity index is 282. The van der Waals surface area contributed by atoms with Crippen molar-refractivity contribution in [2.75, 3.05) is 6.61 Å². The molecular weight excluding hydrogens is 166 g/mol. The fraction of sp³-hybridized carbons (Fsp3) is 0.600. The van der Waals surface area contributed by atoms with Gasteiger partial charge in [0.1, 0.15) is 11.6 Å². The predicted molar refractivity (Wildman–Crippen MR) is 47.7 cm³/mol. The number of esters is 1. The van der Waals surface area contributed by atoms with Crippen LogP contribution in [0.15, 0.2) is 11.1 Å². The lowest BCUT2D eigenvalue weighted by atomic mass is 10.1. The number of hydrogen-bond acceptors (Lipinski definition) is 3. The van der Waals surface area contributed by atoms with E-state index in [-0.39, 0.29) is 5.57 Å². The summed E-state index contributed by atoms with van der Waals surface area (Å²) in [7, 11) is 0. The molecule has 1 rings (SSSR count). The van der Waals surface area contributed by atoms with Crippen molar-refractivity contribution in [3.05, 3.63) is 11.1 Å². The Balaban J connectivity index is 2.77. The average Bonchev–Trinajstić information content (AvgIpc) is 2.88. The standard InChI is InChI=1S/C10H13NO2/c1-3-13-10(12)9(6-11)7(2)8-4-5-8/h8H,3-5H2,1-2H3/b9-7-. The molecular formula is C10H13NO2. The first-order valence-electron chi connectivity index (χ1n) is 4.48. The molecule has 0 heterocycles. The Morgan fingerprint density at radius 3 is 2.62 bits per heavy atom. The number of nitrogens with zero attached hydrogens (tertiary/aromatic N) is 1. The summed E-state index contributed by atoms with van der Waals surface area (Å²) in [5.74, 6) is -0.0338. The quantitative estimate of drug-likeness (QED) is 0.377. The zero-order chi connectivity index (χ0) is 9.84. The molecule has 0 atom stereocenters. The van der Waals surface area contributed by atoms with E-state index >= 15 is 0 Å². The number of carbonyl (C=O) groups excluding carboxylic acids is 1. The summed E-state index contributed by atoms with van der Waals surface area (Å²) in [6.07, 6.45) is 2.19. The molecule has 3 nitrogen and oxygen atoms in total. The van der Waals surface area contributed by atoms with E-state index in [2.05, 4.69) is 0 Å². The van der Waals surface area contributed by atoms with E-state index in [1.165, 1.54) is 0 Å². The zero-order valence-electron chi connectivity index (χ0n) is 7.96. The molecule has 70 valence electrons. The lowest BCUT2D eigenvalue weighted by Crippen LogP contribution is -2.08. The van der Waals surface area contributed by atoms with E-state index < -0.39 is 5.97 Å². The normalized spacial score (nSPS) is 17.3. The second-order valence-corrected chi connectivity index (χ2v) is 3.16. The van der Waals surface area contributed by atoms with Crippen LogP contribution >= 0.6 is 0 Å². The zero-order valence-corrected chi connectivity index (χ0v) is 7.96. The SMILES string of the molecule is CCOC(=O)/C(C#N)=C(/C)C1CC1. The van der Waals surface area contributed by atoms with Crippen LogP contribution in [0, 0.1) is 17.2 Å². The highest BCUT2D eigenvalue weighted by molar-refractivity contribution is 5.93. The summed E-state index contributed by atoms with van der Waals surface area (Å²) < 4.78 is 4.77. The molecule has 0 aromatic rings. The van der Waals surface area contributed by atoms with Crippen LogP contribution in [0.5, 0.6) is 0 Å². The van der Waals surface area contributed by atoms with Gasteiger partial charge in [-0.15, -0.1) is 0 Å². The Morgan fingerprint density at radius 2 is 2.23 bits per heavy atom. The van der Waals surface area contributed by atoms with Gasteiger partial charge in [0, 0.05) is 0 Å². The molecule has 3 heteroatoms. The first-order chi connectivity index (χ1) is 6.20. The summed E-state index contributed by atoms with van der Waals surface area (Å²) >= 11 is 0. The highest BCUT2D eigenvalue weighted by atomic mass is 16.5. The largest absolute Gasteiger partial charge is 0.462 e. The molecule has 0 saturated heterocycles. The third kappa shape index (κ3) is 2.32. The third-order valence-electron chi connectivity index (χ3n) is 2.18. The topological polar surface area (TPSA) is 50.1 Å². The predicted octanol–water partition coefficient (Wildman–Crippen LogP) is 1.80. The van der Waals surface area contributed by atoms with Gasteiger partial charge in [-0.3, -0.25) is 0 Å². The molecule has 13 heavy (non-hydrogen) atoms. The number of rotatable bonds is 3. The van der Waals surface area contributed by atoms with Crippen molar-refractivity contribution in [3.63, 3.8) is 0 Å². The number of allylic oxidation sites excluding steroid dienone is 1. The second kappa shape index (κ2) is 4.08. The smallest absolute Gasteiger partial charge is 0.348 e. The maximum atomic E-state index is 11.2. The number of nitriles is 1. The van der Waals surface area contributed by atoms with Gasteiger partial charge < -0.3 is 4.74 Å². The van der Waals surface area contributed by atoms with E-state index in [4.69, 9.17) is 10.00 Å². The molecule has 1 aliphatic carbocycles. The molecule has 1 fully saturated rings. The molecule has 0 radical (unpaired) electrons. The van der Waals surface area contributed by atoms with E-state index in [0.29, 0.717) is 12.5 Å². The van der Waals surface area contributed by atoms with Gasteiger partial charge in [-0.05, 0) is 38.2 Å². The van der Waals surface area contributed by atoms with Gasteiger partial charge in [0.25, 0.3) is 0 Å². The molecule has 1 saturated carbocycles. The molecule has 0 spiro atoms. The Kier molecular flexibility index (Phi) is 3.07. The van der Waals surface area contributed by atoms with Crippen LogP contribution in [0.4, 0.5) is 0 Å². The van der Waals surface area contributed by atoms with Gasteiger partial charge in [0.15, 0.2) is 0 Å². The van der Waals surface area contributed by atoms with Crippen LogP contribution in [-0.4, -0.2) is 12.6 Å². The molecule has 0 N–H and O–H groups in total. The maximum absolute atomic E-state index is 11.2. The first-order valence-corrected chi connectivity index (χ1v) is 4.48. The van der Waals surface area contributed by atoms with Crippen molar-refractivity contribution in [2.45, 2.75) is 26.7 Å². The van der Waals surface area contributed by atoms with Gasteiger partial charge in [0.05, 0.1) is 6.61 Å². The summed E-state index contributed by atoms with van der Waals surface area (Å²) in [5.41, 5.74) is 1.09. The van der Waals surface area contributed by atoms with Crippen molar-refractivity contribution < 1.29 is 9.53 Å². The molecule has 0 aliphatic heterocycles. The van der Waals surface area contributed by atoms with Crippen LogP contribution < -0.4 is 0 Å². The summed E-state index contributed by atoms with van der Waals surface area (Å²) in [4.78, 5) is 11.2. The van der Waals surface area contributed by atoms with Crippen molar-refractivity contribution >= 4 is 5.97 Å². The third-order valence-corrected chi connectivity index (χ3v) is 2.18. The fourth-order valence-corrected chi connectivity index (χ4v) is 1.22. The van der Waals surface area contributed by atoms with Gasteiger partial charge in [-0.25, -0.2) is 4.79 Å². The van der Waals surface area contributed by atoms with Gasteiger partial charge in [-0.2, -0.15) is 5.26 Å². The molecule has 0 unspecified atom stereocenters. The molecule has 0 amide bonds. The first kappa shape index (κ1) is 9.79. The molecule has 0 aromatic carbocycles. The highest BCUT2D eigenvalue weighted by Crippen LogP contribution is 2.37. The minimum Gasteiger partial charge on any atom is -0.462 e. The number of carbonyl (C=O) groups is 1. The Hall–Kier alpha value is -1.30. The van der Waals surface area contributed by atoms with E-state index in [1.807, 2.05) is 13.0 Å². The molecule has 0 aromatic heterocycles. The van der Waals surface area contributed by atoms with Crippen LogP contribution in [0.3, 0.4) is 0 Å². The summed E-state index contributed by atoms with van der Waals surface area (Å²) in [6, 6.07) is 1.91. The minimum absolute atomic E-state index is 0.198.